The van der Waals surface area contributed by atoms with Gasteiger partial charge in [0.25, 0.3) is 0 Å². The lowest BCUT2D eigenvalue weighted by Crippen LogP contribution is -2.42. The molecule has 2 unspecified atom stereocenters. The molecule has 2 aromatic carbocycles. The van der Waals surface area contributed by atoms with E-state index in [2.05, 4.69) is 6.92 Å². The third kappa shape index (κ3) is 13.5. The van der Waals surface area contributed by atoms with Crippen molar-refractivity contribution >= 4 is 20.6 Å². The van der Waals surface area contributed by atoms with Crippen LogP contribution in [0.15, 0.2) is 58.3 Å². The molecule has 0 heterocycles. The van der Waals surface area contributed by atoms with E-state index in [1.165, 1.54) is 0 Å². The first-order valence-electron chi connectivity index (χ1n) is 13.2. The summed E-state index contributed by atoms with van der Waals surface area (Å²) in [4.78, 5) is 2.12. The standard InChI is InChI=1S/C28H44O9SSi/c1-5-6-16-34-19-23(29)21-36-25-8-12-27(13-9-25)38-28-14-10-26(11-15-28)37-22-24(30)20-35-17-7-18-39(31-2,32-3)33-4/h8-15,23-24,29-30H,5-7,16-22H2,1-4H3. The van der Waals surface area contributed by atoms with Crippen molar-refractivity contribution in [3.63, 3.8) is 0 Å². The van der Waals surface area contributed by atoms with Gasteiger partial charge in [0.15, 0.2) is 0 Å². The number of unbranched alkanes of at least 4 members (excludes halogenated alkanes) is 1. The summed E-state index contributed by atoms with van der Waals surface area (Å²) in [5, 5.41) is 20.1. The van der Waals surface area contributed by atoms with Crippen molar-refractivity contribution in [2.75, 3.05) is 61.0 Å². The van der Waals surface area contributed by atoms with E-state index in [4.69, 9.17) is 32.2 Å². The number of hydrogen-bond acceptors (Lipinski definition) is 10. The van der Waals surface area contributed by atoms with Crippen LogP contribution in [0.4, 0.5) is 0 Å². The van der Waals surface area contributed by atoms with E-state index in [1.807, 2.05) is 48.5 Å². The highest BCUT2D eigenvalue weighted by atomic mass is 32.2. The van der Waals surface area contributed by atoms with Gasteiger partial charge in [-0.3, -0.25) is 0 Å². The molecule has 39 heavy (non-hydrogen) atoms. The quantitative estimate of drug-likeness (QED) is 0.153. The van der Waals surface area contributed by atoms with Gasteiger partial charge < -0.3 is 42.4 Å². The molecule has 0 spiro atoms. The van der Waals surface area contributed by atoms with Crippen LogP contribution in [-0.2, 0) is 22.8 Å². The molecule has 0 aromatic heterocycles. The minimum Gasteiger partial charge on any atom is -0.491 e. The van der Waals surface area contributed by atoms with Crippen molar-refractivity contribution < 1.29 is 42.4 Å². The maximum Gasteiger partial charge on any atom is 0.500 e. The van der Waals surface area contributed by atoms with Crippen LogP contribution in [0.3, 0.4) is 0 Å². The molecule has 2 rings (SSSR count). The Balaban J connectivity index is 1.64. The summed E-state index contributed by atoms with van der Waals surface area (Å²) >= 11 is 1.62. The largest absolute Gasteiger partial charge is 0.500 e. The average Bonchev–Trinajstić information content (AvgIpc) is 2.97. The Labute approximate surface area is 238 Å². The number of benzene rings is 2. The summed E-state index contributed by atoms with van der Waals surface area (Å²) in [6.07, 6.45) is 1.39. The lowest BCUT2D eigenvalue weighted by Gasteiger charge is -2.24. The molecule has 2 atom stereocenters. The first-order chi connectivity index (χ1) is 18.9. The first kappa shape index (κ1) is 33.5. The second-order valence-corrected chi connectivity index (χ2v) is 13.1. The van der Waals surface area contributed by atoms with Crippen molar-refractivity contribution in [3.05, 3.63) is 48.5 Å². The molecule has 0 amide bonds. The highest BCUT2D eigenvalue weighted by molar-refractivity contribution is 7.99. The fourth-order valence-corrected chi connectivity index (χ4v) is 5.96. The second kappa shape index (κ2) is 19.4. The van der Waals surface area contributed by atoms with Gasteiger partial charge in [-0.15, -0.1) is 0 Å². The molecule has 0 bridgehead atoms. The number of aliphatic hydroxyl groups excluding tert-OH is 2. The number of rotatable bonds is 22. The third-order valence-electron chi connectivity index (χ3n) is 5.74. The zero-order valence-corrected chi connectivity index (χ0v) is 25.3. The van der Waals surface area contributed by atoms with E-state index >= 15 is 0 Å². The highest BCUT2D eigenvalue weighted by Crippen LogP contribution is 2.30. The van der Waals surface area contributed by atoms with Crippen LogP contribution in [0.2, 0.25) is 6.04 Å². The van der Waals surface area contributed by atoms with E-state index < -0.39 is 21.0 Å². The van der Waals surface area contributed by atoms with E-state index in [0.29, 0.717) is 37.2 Å². The monoisotopic (exact) mass is 584 g/mol. The molecule has 0 fully saturated rings. The second-order valence-electron chi connectivity index (χ2n) is 8.88. The fourth-order valence-electron chi connectivity index (χ4n) is 3.46. The molecule has 9 nitrogen and oxygen atoms in total. The minimum atomic E-state index is -2.59. The number of aliphatic hydroxyl groups is 2. The molecule has 2 N–H and O–H groups in total. The summed E-state index contributed by atoms with van der Waals surface area (Å²) in [5.74, 6) is 1.38. The first-order valence-corrected chi connectivity index (χ1v) is 16.0. The zero-order chi connectivity index (χ0) is 28.3. The molecule has 0 aliphatic carbocycles. The van der Waals surface area contributed by atoms with Gasteiger partial charge in [0.2, 0.25) is 0 Å². The predicted molar refractivity (Wildman–Crippen MR) is 153 cm³/mol. The molecule has 11 heteroatoms. The minimum absolute atomic E-state index is 0.139. The summed E-state index contributed by atoms with van der Waals surface area (Å²) in [7, 11) is 2.17. The van der Waals surface area contributed by atoms with Gasteiger partial charge in [-0.25, -0.2) is 0 Å². The molecule has 0 saturated carbocycles. The average molecular weight is 585 g/mol. The van der Waals surface area contributed by atoms with Crippen LogP contribution < -0.4 is 9.47 Å². The predicted octanol–water partition coefficient (Wildman–Crippen LogP) is 4.42. The van der Waals surface area contributed by atoms with Crippen LogP contribution in [0.25, 0.3) is 0 Å². The third-order valence-corrected chi connectivity index (χ3v) is 9.58. The van der Waals surface area contributed by atoms with E-state index in [-0.39, 0.29) is 26.4 Å². The molecular formula is C28H44O9SSi. The van der Waals surface area contributed by atoms with Crippen LogP contribution in [0.5, 0.6) is 11.5 Å². The molecule has 0 radical (unpaired) electrons. The van der Waals surface area contributed by atoms with Crippen molar-refractivity contribution in [2.24, 2.45) is 0 Å². The summed E-state index contributed by atoms with van der Waals surface area (Å²) in [6.45, 7) is 4.03. The van der Waals surface area contributed by atoms with E-state index in [1.54, 1.807) is 33.1 Å². The molecule has 0 aliphatic rings. The van der Waals surface area contributed by atoms with Crippen molar-refractivity contribution in [1.82, 2.24) is 0 Å². The van der Waals surface area contributed by atoms with E-state index in [0.717, 1.165) is 22.6 Å². The Morgan fingerprint density at radius 2 is 1.10 bits per heavy atom. The van der Waals surface area contributed by atoms with Crippen molar-refractivity contribution in [2.45, 2.75) is 54.2 Å². The summed E-state index contributed by atoms with van der Waals surface area (Å²) in [6, 6.07) is 16.1. The van der Waals surface area contributed by atoms with Gasteiger partial charge >= 0.3 is 8.80 Å². The van der Waals surface area contributed by atoms with Crippen LogP contribution >= 0.6 is 11.8 Å². The Morgan fingerprint density at radius 1 is 0.667 bits per heavy atom. The van der Waals surface area contributed by atoms with Crippen molar-refractivity contribution in [1.29, 1.82) is 0 Å². The fraction of sp³-hybridized carbons (Fsp3) is 0.571. The molecule has 0 saturated heterocycles. The number of hydrogen-bond donors (Lipinski definition) is 2. The van der Waals surface area contributed by atoms with Crippen molar-refractivity contribution in [3.8, 4) is 11.5 Å². The number of ether oxygens (including phenoxy) is 4. The van der Waals surface area contributed by atoms with Crippen LogP contribution in [0, 0.1) is 0 Å². The van der Waals surface area contributed by atoms with Gasteiger partial charge in [0.05, 0.1) is 13.2 Å². The SMILES string of the molecule is CCCCOCC(O)COc1ccc(Sc2ccc(OCC(O)COCCC[Si](OC)(OC)OC)cc2)cc1. The Bertz CT molecular complexity index is 873. The van der Waals surface area contributed by atoms with Gasteiger partial charge in [0, 0.05) is 50.4 Å². The molecule has 2 aromatic rings. The lowest BCUT2D eigenvalue weighted by molar-refractivity contribution is 0.0111. The zero-order valence-electron chi connectivity index (χ0n) is 23.5. The lowest BCUT2D eigenvalue weighted by atomic mass is 10.3. The van der Waals surface area contributed by atoms with Gasteiger partial charge in [-0.2, -0.15) is 0 Å². The normalized spacial score (nSPS) is 13.3. The van der Waals surface area contributed by atoms with Gasteiger partial charge in [-0.05, 0) is 61.4 Å². The highest BCUT2D eigenvalue weighted by Gasteiger charge is 2.36. The maximum absolute atomic E-state index is 10.2. The van der Waals surface area contributed by atoms with Gasteiger partial charge in [0.1, 0.15) is 36.9 Å². The Morgan fingerprint density at radius 3 is 1.51 bits per heavy atom. The van der Waals surface area contributed by atoms with Crippen LogP contribution in [-0.4, -0.2) is 92.2 Å². The summed E-state index contributed by atoms with van der Waals surface area (Å²) < 4.78 is 38.5. The molecular weight excluding hydrogens is 540 g/mol. The molecule has 220 valence electrons. The topological polar surface area (TPSA) is 105 Å². The van der Waals surface area contributed by atoms with Crippen LogP contribution in [0.1, 0.15) is 26.2 Å². The summed E-state index contributed by atoms with van der Waals surface area (Å²) in [5.41, 5.74) is 0. The Hall–Kier alpha value is -1.67. The Kier molecular flexibility index (Phi) is 16.7. The van der Waals surface area contributed by atoms with Gasteiger partial charge in [-0.1, -0.05) is 25.1 Å². The maximum atomic E-state index is 10.2. The smallest absolute Gasteiger partial charge is 0.491 e. The molecule has 0 aliphatic heterocycles. The van der Waals surface area contributed by atoms with E-state index in [9.17, 15) is 10.2 Å².